The molecule has 1 aromatic heterocycles. The van der Waals surface area contributed by atoms with Gasteiger partial charge in [0.15, 0.2) is 5.84 Å². The average molecular weight is 288 g/mol. The molecule has 2 fully saturated rings. The number of hydrogen-bond acceptors (Lipinski definition) is 5. The van der Waals surface area contributed by atoms with Crippen molar-refractivity contribution < 1.29 is 0 Å². The van der Waals surface area contributed by atoms with Crippen molar-refractivity contribution in [2.24, 2.45) is 27.5 Å². The molecule has 6 nitrogen and oxygen atoms in total. The fraction of sp³-hybridized carbons (Fsp3) is 0.667. The van der Waals surface area contributed by atoms with E-state index in [0.717, 1.165) is 12.4 Å². The summed E-state index contributed by atoms with van der Waals surface area (Å²) in [7, 11) is 0. The number of amidine groups is 1. The van der Waals surface area contributed by atoms with Crippen LogP contribution in [0.5, 0.6) is 0 Å². The number of nitrogens with two attached hydrogens (primary N) is 2. The van der Waals surface area contributed by atoms with E-state index in [1.807, 2.05) is 6.20 Å². The predicted octanol–water partition coefficient (Wildman–Crippen LogP) is 1.46. The van der Waals surface area contributed by atoms with Crippen molar-refractivity contribution in [2.45, 2.75) is 46.1 Å². The van der Waals surface area contributed by atoms with E-state index in [0.29, 0.717) is 22.6 Å². The highest BCUT2D eigenvalue weighted by Crippen LogP contribution is 2.53. The third-order valence-electron chi connectivity index (χ3n) is 4.73. The van der Waals surface area contributed by atoms with Crippen LogP contribution in [0.1, 0.15) is 45.7 Å². The van der Waals surface area contributed by atoms with Crippen molar-refractivity contribution in [3.05, 3.63) is 18.1 Å². The maximum absolute atomic E-state index is 5.74. The minimum Gasteiger partial charge on any atom is -0.380 e. The SMILES string of the molecule is CC1(C)CC2CC(C)(CN2c2cncc(/C(N)=N\N)n2)C1. The van der Waals surface area contributed by atoms with Gasteiger partial charge in [-0.25, -0.2) is 4.98 Å². The Bertz CT molecular complexity index is 581. The van der Waals surface area contributed by atoms with E-state index in [4.69, 9.17) is 11.6 Å². The number of aromatic nitrogens is 2. The minimum absolute atomic E-state index is 0.220. The lowest BCUT2D eigenvalue weighted by Gasteiger charge is -2.39. The fourth-order valence-electron chi connectivity index (χ4n) is 4.41. The van der Waals surface area contributed by atoms with E-state index in [-0.39, 0.29) is 5.84 Å². The van der Waals surface area contributed by atoms with E-state index < -0.39 is 0 Å². The van der Waals surface area contributed by atoms with Gasteiger partial charge in [-0.1, -0.05) is 20.8 Å². The Balaban J connectivity index is 1.92. The molecule has 1 aliphatic heterocycles. The van der Waals surface area contributed by atoms with Crippen LogP contribution >= 0.6 is 0 Å². The molecule has 1 saturated carbocycles. The average Bonchev–Trinajstić information content (AvgIpc) is 2.67. The Labute approximate surface area is 125 Å². The lowest BCUT2D eigenvalue weighted by molar-refractivity contribution is 0.136. The van der Waals surface area contributed by atoms with Crippen molar-refractivity contribution in [3.63, 3.8) is 0 Å². The van der Waals surface area contributed by atoms with Crippen molar-refractivity contribution in [1.82, 2.24) is 9.97 Å². The van der Waals surface area contributed by atoms with Crippen LogP contribution in [-0.4, -0.2) is 28.4 Å². The Kier molecular flexibility index (Phi) is 3.07. The van der Waals surface area contributed by atoms with E-state index in [9.17, 15) is 0 Å². The van der Waals surface area contributed by atoms with Crippen LogP contribution in [0.15, 0.2) is 17.5 Å². The van der Waals surface area contributed by atoms with Crippen molar-refractivity contribution in [1.29, 1.82) is 0 Å². The molecular formula is C15H24N6. The summed E-state index contributed by atoms with van der Waals surface area (Å²) in [5.74, 6) is 6.33. The highest BCUT2D eigenvalue weighted by Gasteiger charge is 2.50. The first kappa shape index (κ1) is 14.1. The van der Waals surface area contributed by atoms with Crippen LogP contribution in [0.2, 0.25) is 0 Å². The second kappa shape index (κ2) is 4.58. The van der Waals surface area contributed by atoms with Gasteiger partial charge in [-0.2, -0.15) is 5.10 Å². The van der Waals surface area contributed by atoms with E-state index in [1.54, 1.807) is 6.20 Å². The molecule has 0 spiro atoms. The monoisotopic (exact) mass is 288 g/mol. The number of nitrogens with zero attached hydrogens (tertiary/aromatic N) is 4. The summed E-state index contributed by atoms with van der Waals surface area (Å²) in [4.78, 5) is 11.2. The van der Waals surface area contributed by atoms with Gasteiger partial charge in [0.05, 0.1) is 12.4 Å². The summed E-state index contributed by atoms with van der Waals surface area (Å²) >= 11 is 0. The molecule has 2 atom stereocenters. The number of hydrogen-bond donors (Lipinski definition) is 2. The zero-order valence-corrected chi connectivity index (χ0v) is 13.0. The zero-order chi connectivity index (χ0) is 15.3. The first-order valence-electron chi connectivity index (χ1n) is 7.44. The molecule has 1 aromatic rings. The quantitative estimate of drug-likeness (QED) is 0.372. The van der Waals surface area contributed by atoms with Crippen LogP contribution in [0.3, 0.4) is 0 Å². The number of rotatable bonds is 2. The summed E-state index contributed by atoms with van der Waals surface area (Å²) < 4.78 is 0. The summed E-state index contributed by atoms with van der Waals surface area (Å²) in [5, 5.41) is 3.50. The fourth-order valence-corrected chi connectivity index (χ4v) is 4.41. The van der Waals surface area contributed by atoms with E-state index in [2.05, 4.69) is 40.7 Å². The summed E-state index contributed by atoms with van der Waals surface area (Å²) in [6.07, 6.45) is 7.08. The second-order valence-electron chi connectivity index (χ2n) is 7.62. The number of hydrazone groups is 1. The van der Waals surface area contributed by atoms with E-state index in [1.165, 1.54) is 19.3 Å². The van der Waals surface area contributed by atoms with Gasteiger partial charge in [-0.15, -0.1) is 0 Å². The van der Waals surface area contributed by atoms with Crippen LogP contribution in [0.25, 0.3) is 0 Å². The van der Waals surface area contributed by atoms with Gasteiger partial charge in [0.25, 0.3) is 0 Å². The molecule has 21 heavy (non-hydrogen) atoms. The number of anilines is 1. The van der Waals surface area contributed by atoms with Crippen LogP contribution < -0.4 is 16.5 Å². The maximum atomic E-state index is 5.74. The van der Waals surface area contributed by atoms with Gasteiger partial charge in [0.2, 0.25) is 0 Å². The molecule has 2 bridgehead atoms. The third-order valence-corrected chi connectivity index (χ3v) is 4.73. The first-order valence-corrected chi connectivity index (χ1v) is 7.44. The highest BCUT2D eigenvalue weighted by atomic mass is 15.3. The Hall–Kier alpha value is -1.85. The molecule has 0 aromatic carbocycles. The van der Waals surface area contributed by atoms with Crippen LogP contribution in [0, 0.1) is 10.8 Å². The lowest BCUT2D eigenvalue weighted by Crippen LogP contribution is -2.35. The molecule has 3 rings (SSSR count). The molecule has 1 saturated heterocycles. The smallest absolute Gasteiger partial charge is 0.170 e. The second-order valence-corrected chi connectivity index (χ2v) is 7.62. The lowest BCUT2D eigenvalue weighted by atomic mass is 9.65. The van der Waals surface area contributed by atoms with Crippen molar-refractivity contribution in [3.8, 4) is 0 Å². The number of fused-ring (bicyclic) bond motifs is 2. The maximum Gasteiger partial charge on any atom is 0.170 e. The molecule has 0 amide bonds. The van der Waals surface area contributed by atoms with Gasteiger partial charge in [0, 0.05) is 12.6 Å². The van der Waals surface area contributed by atoms with Gasteiger partial charge in [-0.3, -0.25) is 4.98 Å². The molecular weight excluding hydrogens is 264 g/mol. The Morgan fingerprint density at radius 3 is 2.81 bits per heavy atom. The van der Waals surface area contributed by atoms with Gasteiger partial charge in [0.1, 0.15) is 11.5 Å². The normalized spacial score (nSPS) is 31.5. The predicted molar refractivity (Wildman–Crippen MR) is 83.8 cm³/mol. The Morgan fingerprint density at radius 1 is 1.33 bits per heavy atom. The minimum atomic E-state index is 0.220. The highest BCUT2D eigenvalue weighted by molar-refractivity contribution is 5.95. The van der Waals surface area contributed by atoms with Gasteiger partial charge in [-0.05, 0) is 30.1 Å². The molecule has 2 unspecified atom stereocenters. The van der Waals surface area contributed by atoms with Gasteiger partial charge < -0.3 is 16.5 Å². The summed E-state index contributed by atoms with van der Waals surface area (Å²) in [5.41, 5.74) is 7.03. The van der Waals surface area contributed by atoms with E-state index >= 15 is 0 Å². The first-order chi connectivity index (χ1) is 9.82. The van der Waals surface area contributed by atoms with Gasteiger partial charge >= 0.3 is 0 Å². The largest absolute Gasteiger partial charge is 0.380 e. The summed E-state index contributed by atoms with van der Waals surface area (Å²) in [6.45, 7) is 8.14. The topological polar surface area (TPSA) is 93.4 Å². The molecule has 2 heterocycles. The molecule has 2 aliphatic rings. The van der Waals surface area contributed by atoms with Crippen LogP contribution in [-0.2, 0) is 0 Å². The van der Waals surface area contributed by atoms with Crippen LogP contribution in [0.4, 0.5) is 5.82 Å². The third kappa shape index (κ3) is 2.54. The molecule has 4 N–H and O–H groups in total. The standard InChI is InChI=1S/C15H24N6/c1-14(2)4-10-5-15(3,8-14)9-21(10)12-7-18-6-11(19-12)13(16)20-17/h6-7,10H,4-5,8-9,17H2,1-3H3,(H2,16,20). The zero-order valence-electron chi connectivity index (χ0n) is 13.0. The molecule has 0 radical (unpaired) electrons. The van der Waals surface area contributed by atoms with Crippen molar-refractivity contribution >= 4 is 11.7 Å². The van der Waals surface area contributed by atoms with Crippen molar-refractivity contribution in [2.75, 3.05) is 11.4 Å². The Morgan fingerprint density at radius 2 is 2.10 bits per heavy atom. The molecule has 6 heteroatoms. The molecule has 1 aliphatic carbocycles. The summed E-state index contributed by atoms with van der Waals surface area (Å²) in [6, 6.07) is 0.527. The molecule has 114 valence electrons.